The van der Waals surface area contributed by atoms with Gasteiger partial charge in [-0.15, -0.1) is 0 Å². The molecule has 3 unspecified atom stereocenters. The van der Waals surface area contributed by atoms with Gasteiger partial charge in [-0.2, -0.15) is 0 Å². The number of aliphatic hydroxyl groups excluding tert-OH is 1. The molecular formula is C15H22ClN3O2. The fourth-order valence-corrected chi connectivity index (χ4v) is 2.67. The Bertz CT molecular complexity index is 524. The number of hydrogen-bond donors (Lipinski definition) is 3. The van der Waals surface area contributed by atoms with Crippen LogP contribution in [0.3, 0.4) is 0 Å². The van der Waals surface area contributed by atoms with Gasteiger partial charge in [0.15, 0.2) is 0 Å². The van der Waals surface area contributed by atoms with Crippen LogP contribution in [0.5, 0.6) is 0 Å². The lowest BCUT2D eigenvalue weighted by atomic mass is 9.95. The number of nitrogens with two attached hydrogens (primary N) is 1. The molecule has 1 fully saturated rings. The summed E-state index contributed by atoms with van der Waals surface area (Å²) >= 11 is 5.86. The topological polar surface area (TPSA) is 78.6 Å². The van der Waals surface area contributed by atoms with E-state index in [9.17, 15) is 9.90 Å². The number of rotatable bonds is 3. The van der Waals surface area contributed by atoms with Gasteiger partial charge >= 0.3 is 0 Å². The fraction of sp³-hybridized carbons (Fsp3) is 0.533. The van der Waals surface area contributed by atoms with Crippen LogP contribution in [0.15, 0.2) is 18.2 Å². The highest BCUT2D eigenvalue weighted by atomic mass is 35.5. The third kappa shape index (κ3) is 3.87. The maximum absolute atomic E-state index is 12.3. The number of nitrogen functional groups attached to an aromatic ring is 1. The van der Waals surface area contributed by atoms with E-state index in [2.05, 4.69) is 10.2 Å². The van der Waals surface area contributed by atoms with E-state index in [1.54, 1.807) is 18.2 Å². The van der Waals surface area contributed by atoms with Crippen LogP contribution in [0.25, 0.3) is 0 Å². The number of nitrogens with one attached hydrogen (secondary N) is 1. The van der Waals surface area contributed by atoms with E-state index >= 15 is 0 Å². The number of nitrogens with zero attached hydrogens (tertiary/aromatic N) is 1. The van der Waals surface area contributed by atoms with Gasteiger partial charge < -0.3 is 16.2 Å². The minimum Gasteiger partial charge on any atom is -0.397 e. The molecule has 21 heavy (non-hydrogen) atoms. The molecule has 0 bridgehead atoms. The molecule has 116 valence electrons. The number of anilines is 2. The van der Waals surface area contributed by atoms with Crippen LogP contribution in [0.1, 0.15) is 20.3 Å². The fourth-order valence-electron chi connectivity index (χ4n) is 2.55. The zero-order chi connectivity index (χ0) is 15.6. The molecule has 6 heteroatoms. The summed E-state index contributed by atoms with van der Waals surface area (Å²) in [6.45, 7) is 5.32. The Morgan fingerprint density at radius 3 is 2.90 bits per heavy atom. The van der Waals surface area contributed by atoms with E-state index < -0.39 is 0 Å². The van der Waals surface area contributed by atoms with Crippen molar-refractivity contribution in [3.05, 3.63) is 23.2 Å². The summed E-state index contributed by atoms with van der Waals surface area (Å²) in [5.74, 6) is 0.0977. The smallest absolute Gasteiger partial charge is 0.241 e. The highest BCUT2D eigenvalue weighted by Crippen LogP contribution is 2.23. The van der Waals surface area contributed by atoms with E-state index in [1.165, 1.54) is 0 Å². The Labute approximate surface area is 130 Å². The molecule has 1 aromatic carbocycles. The number of hydrogen-bond acceptors (Lipinski definition) is 4. The standard InChI is InChI=1S/C15H22ClN3O2/c1-9-8-19(6-5-14(9)20)10(2)15(21)18-11-3-4-12(16)13(17)7-11/h3-4,7,9-10,14,20H,5-6,8,17H2,1-2H3,(H,18,21). The molecule has 5 nitrogen and oxygen atoms in total. The molecule has 1 heterocycles. The lowest BCUT2D eigenvalue weighted by Crippen LogP contribution is -2.50. The maximum Gasteiger partial charge on any atom is 0.241 e. The Balaban J connectivity index is 1.97. The number of piperidine rings is 1. The lowest BCUT2D eigenvalue weighted by molar-refractivity contribution is -0.122. The molecule has 1 aliphatic rings. The number of carbonyl (C=O) groups is 1. The average molecular weight is 312 g/mol. The van der Waals surface area contributed by atoms with Crippen molar-refractivity contribution in [1.82, 2.24) is 4.90 Å². The highest BCUT2D eigenvalue weighted by Gasteiger charge is 2.29. The van der Waals surface area contributed by atoms with E-state index in [4.69, 9.17) is 17.3 Å². The molecule has 4 N–H and O–H groups in total. The molecule has 0 spiro atoms. The summed E-state index contributed by atoms with van der Waals surface area (Å²) < 4.78 is 0. The number of amides is 1. The molecule has 1 aromatic rings. The van der Waals surface area contributed by atoms with Gasteiger partial charge in [0.2, 0.25) is 5.91 Å². The third-order valence-electron chi connectivity index (χ3n) is 4.08. The van der Waals surface area contributed by atoms with Gasteiger partial charge in [-0.1, -0.05) is 18.5 Å². The van der Waals surface area contributed by atoms with Gasteiger partial charge in [0, 0.05) is 18.8 Å². The number of carbonyl (C=O) groups excluding carboxylic acids is 1. The lowest BCUT2D eigenvalue weighted by Gasteiger charge is -2.37. The van der Waals surface area contributed by atoms with Crippen molar-refractivity contribution in [1.29, 1.82) is 0 Å². The zero-order valence-electron chi connectivity index (χ0n) is 12.3. The van der Waals surface area contributed by atoms with Gasteiger partial charge in [-0.3, -0.25) is 9.69 Å². The summed E-state index contributed by atoms with van der Waals surface area (Å²) in [5.41, 5.74) is 6.81. The molecule has 0 aromatic heterocycles. The van der Waals surface area contributed by atoms with E-state index in [0.29, 0.717) is 22.8 Å². The normalized spacial score (nSPS) is 24.6. The predicted molar refractivity (Wildman–Crippen MR) is 85.3 cm³/mol. The first-order valence-electron chi connectivity index (χ1n) is 7.16. The molecule has 1 saturated heterocycles. The van der Waals surface area contributed by atoms with Gasteiger partial charge in [-0.05, 0) is 37.5 Å². The first kappa shape index (κ1) is 16.1. The predicted octanol–water partition coefficient (Wildman–Crippen LogP) is 1.95. The van der Waals surface area contributed by atoms with Crippen LogP contribution in [0.4, 0.5) is 11.4 Å². The Kier molecular flexibility index (Phi) is 5.08. The van der Waals surface area contributed by atoms with Crippen molar-refractivity contribution >= 4 is 28.9 Å². The summed E-state index contributed by atoms with van der Waals surface area (Å²) in [6.07, 6.45) is 0.430. The van der Waals surface area contributed by atoms with Gasteiger partial charge in [0.1, 0.15) is 0 Å². The highest BCUT2D eigenvalue weighted by molar-refractivity contribution is 6.33. The van der Waals surface area contributed by atoms with Crippen molar-refractivity contribution < 1.29 is 9.90 Å². The molecule has 3 atom stereocenters. The second kappa shape index (κ2) is 6.64. The molecule has 1 amide bonds. The summed E-state index contributed by atoms with van der Waals surface area (Å²) in [7, 11) is 0. The molecule has 1 aliphatic heterocycles. The van der Waals surface area contributed by atoms with Crippen LogP contribution in [-0.4, -0.2) is 41.1 Å². The Hall–Kier alpha value is -1.30. The number of aliphatic hydroxyl groups is 1. The quantitative estimate of drug-likeness (QED) is 0.746. The third-order valence-corrected chi connectivity index (χ3v) is 4.43. The first-order valence-corrected chi connectivity index (χ1v) is 7.54. The van der Waals surface area contributed by atoms with Gasteiger partial charge in [0.05, 0.1) is 22.9 Å². The molecule has 2 rings (SSSR count). The van der Waals surface area contributed by atoms with E-state index in [-0.39, 0.29) is 24.0 Å². The van der Waals surface area contributed by atoms with Crippen molar-refractivity contribution in [2.45, 2.75) is 32.4 Å². The van der Waals surface area contributed by atoms with E-state index in [0.717, 1.165) is 13.1 Å². The SMILES string of the molecule is CC1CN(C(C)C(=O)Nc2ccc(Cl)c(N)c2)CCC1O. The zero-order valence-corrected chi connectivity index (χ0v) is 13.1. The van der Waals surface area contributed by atoms with Crippen LogP contribution >= 0.6 is 11.6 Å². The number of likely N-dealkylation sites (tertiary alicyclic amines) is 1. The largest absolute Gasteiger partial charge is 0.397 e. The van der Waals surface area contributed by atoms with Crippen molar-refractivity contribution in [2.24, 2.45) is 5.92 Å². The summed E-state index contributed by atoms with van der Waals surface area (Å²) in [4.78, 5) is 14.4. The van der Waals surface area contributed by atoms with Crippen LogP contribution in [0.2, 0.25) is 5.02 Å². The molecule has 0 saturated carbocycles. The Morgan fingerprint density at radius 1 is 1.57 bits per heavy atom. The van der Waals surface area contributed by atoms with Crippen LogP contribution in [0, 0.1) is 5.92 Å². The molecule has 0 radical (unpaired) electrons. The average Bonchev–Trinajstić information content (AvgIpc) is 2.45. The first-order chi connectivity index (χ1) is 9.88. The van der Waals surface area contributed by atoms with Crippen LogP contribution in [-0.2, 0) is 4.79 Å². The number of benzene rings is 1. The van der Waals surface area contributed by atoms with E-state index in [1.807, 2.05) is 13.8 Å². The Morgan fingerprint density at radius 2 is 2.29 bits per heavy atom. The summed E-state index contributed by atoms with van der Waals surface area (Å²) in [6, 6.07) is 4.79. The minimum atomic E-state index is -0.271. The summed E-state index contributed by atoms with van der Waals surface area (Å²) in [5, 5.41) is 13.1. The monoisotopic (exact) mass is 311 g/mol. The van der Waals surface area contributed by atoms with Crippen molar-refractivity contribution in [3.8, 4) is 0 Å². The van der Waals surface area contributed by atoms with Gasteiger partial charge in [0.25, 0.3) is 0 Å². The second-order valence-electron chi connectivity index (χ2n) is 5.73. The molecule has 0 aliphatic carbocycles. The van der Waals surface area contributed by atoms with Crippen molar-refractivity contribution in [2.75, 3.05) is 24.1 Å². The maximum atomic E-state index is 12.3. The number of halogens is 1. The minimum absolute atomic E-state index is 0.0830. The van der Waals surface area contributed by atoms with Gasteiger partial charge in [-0.25, -0.2) is 0 Å². The molecular weight excluding hydrogens is 290 g/mol. The van der Waals surface area contributed by atoms with Crippen LogP contribution < -0.4 is 11.1 Å². The van der Waals surface area contributed by atoms with Crippen molar-refractivity contribution in [3.63, 3.8) is 0 Å². The second-order valence-corrected chi connectivity index (χ2v) is 6.14.